The van der Waals surface area contributed by atoms with Gasteiger partial charge in [-0.05, 0) is 53.0 Å². The molecule has 1 heterocycles. The molecule has 1 amide bonds. The van der Waals surface area contributed by atoms with E-state index in [1.165, 1.54) is 22.0 Å². The van der Waals surface area contributed by atoms with Crippen molar-refractivity contribution < 1.29 is 4.79 Å². The lowest BCUT2D eigenvalue weighted by atomic mass is 9.86. The average Bonchev–Trinajstić information content (AvgIpc) is 3.02. The van der Waals surface area contributed by atoms with Crippen molar-refractivity contribution >= 4 is 22.5 Å². The fraction of sp³-hybridized carbons (Fsp3) is 0.375. The molecule has 0 unspecified atom stereocenters. The highest BCUT2D eigenvalue weighted by atomic mass is 16.1. The number of amides is 1. The minimum atomic E-state index is 0.0582. The van der Waals surface area contributed by atoms with Gasteiger partial charge in [0.05, 0.1) is 5.52 Å². The van der Waals surface area contributed by atoms with E-state index in [1.54, 1.807) is 0 Å². The Kier molecular flexibility index (Phi) is 5.69. The average molecular weight is 363 g/mol. The molecular weight excluding hydrogens is 332 g/mol. The van der Waals surface area contributed by atoms with Gasteiger partial charge < -0.3 is 9.88 Å². The molecule has 142 valence electrons. The lowest BCUT2D eigenvalue weighted by molar-refractivity contribution is -0.116. The van der Waals surface area contributed by atoms with E-state index in [1.807, 2.05) is 6.07 Å². The Balaban J connectivity index is 1.60. The van der Waals surface area contributed by atoms with Gasteiger partial charge in [-0.3, -0.25) is 4.79 Å². The first kappa shape index (κ1) is 19.2. The molecule has 0 fully saturated rings. The van der Waals surface area contributed by atoms with Crippen LogP contribution in [0.1, 0.15) is 51.7 Å². The first-order valence-electron chi connectivity index (χ1n) is 9.85. The van der Waals surface area contributed by atoms with Crippen molar-refractivity contribution in [1.82, 2.24) is 4.57 Å². The number of benzene rings is 2. The number of nitrogens with one attached hydrogen (secondary N) is 1. The molecule has 0 bridgehead atoms. The summed E-state index contributed by atoms with van der Waals surface area (Å²) in [4.78, 5) is 12.4. The van der Waals surface area contributed by atoms with Crippen molar-refractivity contribution in [1.29, 1.82) is 0 Å². The predicted octanol–water partition coefficient (Wildman–Crippen LogP) is 5.92. The van der Waals surface area contributed by atoms with Crippen LogP contribution in [-0.4, -0.2) is 10.5 Å². The van der Waals surface area contributed by atoms with Crippen molar-refractivity contribution in [3.63, 3.8) is 0 Å². The van der Waals surface area contributed by atoms with Crippen LogP contribution >= 0.6 is 0 Å². The summed E-state index contributed by atoms with van der Waals surface area (Å²) in [6.45, 7) is 9.80. The summed E-state index contributed by atoms with van der Waals surface area (Å²) < 4.78 is 2.24. The van der Waals surface area contributed by atoms with Gasteiger partial charge in [-0.1, -0.05) is 58.0 Å². The van der Waals surface area contributed by atoms with E-state index < -0.39 is 0 Å². The highest BCUT2D eigenvalue weighted by molar-refractivity contribution is 5.93. The van der Waals surface area contributed by atoms with Crippen molar-refractivity contribution in [3.8, 4) is 0 Å². The van der Waals surface area contributed by atoms with Gasteiger partial charge in [-0.25, -0.2) is 0 Å². The van der Waals surface area contributed by atoms with Crippen LogP contribution in [0.3, 0.4) is 0 Å². The monoisotopic (exact) mass is 362 g/mol. The number of carbonyl (C=O) groups is 1. The molecule has 3 aromatic rings. The molecule has 0 saturated carbocycles. The fourth-order valence-electron chi connectivity index (χ4n) is 3.35. The van der Waals surface area contributed by atoms with E-state index in [2.05, 4.69) is 86.2 Å². The maximum Gasteiger partial charge on any atom is 0.224 e. The van der Waals surface area contributed by atoms with Gasteiger partial charge >= 0.3 is 0 Å². The van der Waals surface area contributed by atoms with E-state index in [9.17, 15) is 4.79 Å². The smallest absolute Gasteiger partial charge is 0.224 e. The van der Waals surface area contributed by atoms with Gasteiger partial charge in [0, 0.05) is 24.8 Å². The quantitative estimate of drug-likeness (QED) is 0.580. The van der Waals surface area contributed by atoms with E-state index in [-0.39, 0.29) is 11.3 Å². The number of nitrogens with zero attached hydrogens (tertiary/aromatic N) is 1. The second kappa shape index (κ2) is 7.99. The lowest BCUT2D eigenvalue weighted by Crippen LogP contribution is -2.13. The van der Waals surface area contributed by atoms with Gasteiger partial charge in [0.25, 0.3) is 0 Å². The Morgan fingerprint density at radius 3 is 2.44 bits per heavy atom. The SMILES string of the molecule is CCCn1ccc2ccc(NC(=O)CCc3ccc(C(C)(C)C)cc3)cc21. The summed E-state index contributed by atoms with van der Waals surface area (Å²) in [5.74, 6) is 0.0582. The number of aryl methyl sites for hydroxylation is 2. The largest absolute Gasteiger partial charge is 0.347 e. The number of carbonyl (C=O) groups excluding carboxylic acids is 1. The highest BCUT2D eigenvalue weighted by Gasteiger charge is 2.13. The summed E-state index contributed by atoms with van der Waals surface area (Å²) >= 11 is 0. The molecule has 3 heteroatoms. The van der Waals surface area contributed by atoms with Crippen LogP contribution in [0, 0.1) is 0 Å². The number of hydrogen-bond acceptors (Lipinski definition) is 1. The standard InChI is InChI=1S/C24H30N2O/c1-5-15-26-16-14-19-9-12-21(17-22(19)26)25-23(27)13-8-18-6-10-20(11-7-18)24(2,3)4/h6-7,9-12,14,16-17H,5,8,13,15H2,1-4H3,(H,25,27). The molecule has 0 radical (unpaired) electrons. The first-order chi connectivity index (χ1) is 12.9. The van der Waals surface area contributed by atoms with Crippen LogP contribution in [0.15, 0.2) is 54.7 Å². The van der Waals surface area contributed by atoms with Gasteiger partial charge in [0.1, 0.15) is 0 Å². The zero-order valence-corrected chi connectivity index (χ0v) is 16.9. The molecule has 3 rings (SSSR count). The second-order valence-electron chi connectivity index (χ2n) is 8.28. The number of anilines is 1. The molecule has 27 heavy (non-hydrogen) atoms. The Morgan fingerprint density at radius 2 is 1.78 bits per heavy atom. The molecule has 0 spiro atoms. The fourth-order valence-corrected chi connectivity index (χ4v) is 3.35. The zero-order valence-electron chi connectivity index (χ0n) is 16.9. The second-order valence-corrected chi connectivity index (χ2v) is 8.28. The Labute approximate surface area is 162 Å². The number of fused-ring (bicyclic) bond motifs is 1. The van der Waals surface area contributed by atoms with Crippen LogP contribution in [0.4, 0.5) is 5.69 Å². The minimum absolute atomic E-state index is 0.0582. The van der Waals surface area contributed by atoms with Crippen molar-refractivity contribution in [2.24, 2.45) is 0 Å². The number of aromatic nitrogens is 1. The molecule has 2 aromatic carbocycles. The summed E-state index contributed by atoms with van der Waals surface area (Å²) in [5, 5.41) is 4.26. The molecule has 0 aliphatic heterocycles. The van der Waals surface area contributed by atoms with Crippen molar-refractivity contribution in [3.05, 3.63) is 65.9 Å². The first-order valence-corrected chi connectivity index (χ1v) is 9.85. The third-order valence-electron chi connectivity index (χ3n) is 4.98. The number of hydrogen-bond donors (Lipinski definition) is 1. The van der Waals surface area contributed by atoms with Crippen LogP contribution in [0.2, 0.25) is 0 Å². The van der Waals surface area contributed by atoms with Crippen LogP contribution in [0.25, 0.3) is 10.9 Å². The van der Waals surface area contributed by atoms with Crippen molar-refractivity contribution in [2.45, 2.75) is 58.9 Å². The zero-order chi connectivity index (χ0) is 19.4. The molecule has 0 aliphatic rings. The topological polar surface area (TPSA) is 34.0 Å². The Hall–Kier alpha value is -2.55. The van der Waals surface area contributed by atoms with Crippen LogP contribution in [0.5, 0.6) is 0 Å². The predicted molar refractivity (Wildman–Crippen MR) is 114 cm³/mol. The molecule has 0 saturated heterocycles. The molecule has 3 nitrogen and oxygen atoms in total. The van der Waals surface area contributed by atoms with Crippen molar-refractivity contribution in [2.75, 3.05) is 5.32 Å². The van der Waals surface area contributed by atoms with E-state index in [0.717, 1.165) is 25.1 Å². The maximum absolute atomic E-state index is 12.4. The third-order valence-corrected chi connectivity index (χ3v) is 4.98. The summed E-state index contributed by atoms with van der Waals surface area (Å²) in [5.41, 5.74) is 4.72. The Bertz CT molecular complexity index is 914. The lowest BCUT2D eigenvalue weighted by Gasteiger charge is -2.19. The van der Waals surface area contributed by atoms with Gasteiger partial charge in [-0.15, -0.1) is 0 Å². The minimum Gasteiger partial charge on any atom is -0.347 e. The van der Waals surface area contributed by atoms with Gasteiger partial charge in [0.15, 0.2) is 0 Å². The third kappa shape index (κ3) is 4.79. The summed E-state index contributed by atoms with van der Waals surface area (Å²) in [7, 11) is 0. The molecule has 1 N–H and O–H groups in total. The van der Waals surface area contributed by atoms with Crippen LogP contribution < -0.4 is 5.32 Å². The van der Waals surface area contributed by atoms with E-state index >= 15 is 0 Å². The van der Waals surface area contributed by atoms with Gasteiger partial charge in [-0.2, -0.15) is 0 Å². The van der Waals surface area contributed by atoms with Gasteiger partial charge in [0.2, 0.25) is 5.91 Å². The molecular formula is C24H30N2O. The van der Waals surface area contributed by atoms with E-state index in [0.29, 0.717) is 6.42 Å². The summed E-state index contributed by atoms with van der Waals surface area (Å²) in [6, 6.07) is 16.9. The van der Waals surface area contributed by atoms with E-state index in [4.69, 9.17) is 0 Å². The Morgan fingerprint density at radius 1 is 1.04 bits per heavy atom. The molecule has 0 aliphatic carbocycles. The highest BCUT2D eigenvalue weighted by Crippen LogP contribution is 2.23. The number of rotatable bonds is 6. The maximum atomic E-state index is 12.4. The molecule has 1 aromatic heterocycles. The summed E-state index contributed by atoms with van der Waals surface area (Å²) in [6.07, 6.45) is 4.45. The normalized spacial score (nSPS) is 11.7. The molecule has 0 atom stereocenters. The van der Waals surface area contributed by atoms with Crippen LogP contribution in [-0.2, 0) is 23.2 Å².